The monoisotopic (exact) mass is 239 g/mol. The van der Waals surface area contributed by atoms with Crippen molar-refractivity contribution in [1.29, 1.82) is 0 Å². The Balaban J connectivity index is 2.65. The highest BCUT2D eigenvalue weighted by molar-refractivity contribution is 4.92. The van der Waals surface area contributed by atoms with Crippen molar-refractivity contribution in [3.8, 4) is 0 Å². The van der Waals surface area contributed by atoms with E-state index in [1.54, 1.807) is 0 Å². The molecule has 0 radical (unpaired) electrons. The van der Waals surface area contributed by atoms with Crippen molar-refractivity contribution in [3.63, 3.8) is 0 Å². The van der Waals surface area contributed by atoms with Crippen LogP contribution in [0.1, 0.15) is 79.1 Å². The van der Waals surface area contributed by atoms with E-state index in [0.29, 0.717) is 5.41 Å². The van der Waals surface area contributed by atoms with Crippen LogP contribution in [0.4, 0.5) is 0 Å². The van der Waals surface area contributed by atoms with E-state index in [0.717, 1.165) is 12.0 Å². The second-order valence-corrected chi connectivity index (χ2v) is 6.41. The van der Waals surface area contributed by atoms with Crippen molar-refractivity contribution in [2.75, 3.05) is 6.54 Å². The van der Waals surface area contributed by atoms with Crippen molar-refractivity contribution in [1.82, 2.24) is 5.32 Å². The van der Waals surface area contributed by atoms with E-state index in [1.807, 2.05) is 0 Å². The maximum atomic E-state index is 3.86. The van der Waals surface area contributed by atoms with Crippen molar-refractivity contribution < 1.29 is 0 Å². The van der Waals surface area contributed by atoms with Crippen molar-refractivity contribution in [2.24, 2.45) is 11.3 Å². The van der Waals surface area contributed by atoms with E-state index in [2.05, 4.69) is 33.0 Å². The van der Waals surface area contributed by atoms with Crippen molar-refractivity contribution >= 4 is 0 Å². The molecule has 1 rings (SSSR count). The Morgan fingerprint density at radius 3 is 2.24 bits per heavy atom. The molecule has 17 heavy (non-hydrogen) atoms. The molecule has 0 aliphatic heterocycles. The van der Waals surface area contributed by atoms with Crippen LogP contribution in [0.5, 0.6) is 0 Å². The highest BCUT2D eigenvalue weighted by atomic mass is 14.9. The Morgan fingerprint density at radius 2 is 1.71 bits per heavy atom. The summed E-state index contributed by atoms with van der Waals surface area (Å²) in [5, 5.41) is 3.86. The molecule has 1 fully saturated rings. The topological polar surface area (TPSA) is 12.0 Å². The van der Waals surface area contributed by atoms with E-state index in [-0.39, 0.29) is 0 Å². The molecule has 0 aromatic carbocycles. The number of nitrogens with one attached hydrogen (secondary N) is 1. The molecular formula is C16H33N. The second kappa shape index (κ2) is 7.41. The molecule has 1 saturated carbocycles. The molecule has 1 heteroatoms. The van der Waals surface area contributed by atoms with Crippen LogP contribution >= 0.6 is 0 Å². The Hall–Kier alpha value is -0.0400. The third kappa shape index (κ3) is 4.28. The first-order valence-electron chi connectivity index (χ1n) is 7.87. The maximum Gasteiger partial charge on any atom is 0.0146 e. The fourth-order valence-electron chi connectivity index (χ4n) is 3.73. The smallest absolute Gasteiger partial charge is 0.0146 e. The Morgan fingerprint density at radius 1 is 1.06 bits per heavy atom. The van der Waals surface area contributed by atoms with Gasteiger partial charge in [0.25, 0.3) is 0 Å². The summed E-state index contributed by atoms with van der Waals surface area (Å²) in [5.74, 6) is 0.828. The zero-order valence-corrected chi connectivity index (χ0v) is 12.5. The molecule has 2 unspecified atom stereocenters. The van der Waals surface area contributed by atoms with Crippen LogP contribution < -0.4 is 5.32 Å². The lowest BCUT2D eigenvalue weighted by Crippen LogP contribution is -2.49. The van der Waals surface area contributed by atoms with Crippen LogP contribution in [0, 0.1) is 11.3 Å². The van der Waals surface area contributed by atoms with Crippen LogP contribution in [-0.2, 0) is 0 Å². The van der Waals surface area contributed by atoms with Gasteiger partial charge in [0, 0.05) is 6.04 Å². The van der Waals surface area contributed by atoms with E-state index in [9.17, 15) is 0 Å². The average molecular weight is 239 g/mol. The summed E-state index contributed by atoms with van der Waals surface area (Å²) in [7, 11) is 0. The van der Waals surface area contributed by atoms with Gasteiger partial charge in [-0.15, -0.1) is 0 Å². The molecule has 0 saturated heterocycles. The van der Waals surface area contributed by atoms with Crippen LogP contribution in [0.2, 0.25) is 0 Å². The fourth-order valence-corrected chi connectivity index (χ4v) is 3.73. The second-order valence-electron chi connectivity index (χ2n) is 6.41. The van der Waals surface area contributed by atoms with Crippen LogP contribution in [0.3, 0.4) is 0 Å². The molecule has 0 heterocycles. The van der Waals surface area contributed by atoms with Crippen molar-refractivity contribution in [2.45, 2.75) is 85.1 Å². The Kier molecular flexibility index (Phi) is 6.54. The average Bonchev–Trinajstić information content (AvgIpc) is 2.30. The molecule has 2 atom stereocenters. The summed E-state index contributed by atoms with van der Waals surface area (Å²) in [6.07, 6.45) is 11.2. The summed E-state index contributed by atoms with van der Waals surface area (Å²) in [5.41, 5.74) is 0.558. The van der Waals surface area contributed by atoms with Gasteiger partial charge in [0.05, 0.1) is 0 Å². The van der Waals surface area contributed by atoms with Crippen LogP contribution in [0.15, 0.2) is 0 Å². The van der Waals surface area contributed by atoms with Gasteiger partial charge < -0.3 is 5.32 Å². The largest absolute Gasteiger partial charge is 0.313 e. The lowest BCUT2D eigenvalue weighted by Gasteiger charge is -2.44. The van der Waals surface area contributed by atoms with Gasteiger partial charge in [0.15, 0.2) is 0 Å². The third-order valence-electron chi connectivity index (χ3n) is 4.67. The fraction of sp³-hybridized carbons (Fsp3) is 1.00. The highest BCUT2D eigenvalue weighted by Gasteiger charge is 2.37. The number of rotatable bonds is 7. The highest BCUT2D eigenvalue weighted by Crippen LogP contribution is 2.41. The summed E-state index contributed by atoms with van der Waals surface area (Å²) in [6.45, 7) is 10.8. The minimum Gasteiger partial charge on any atom is -0.313 e. The molecule has 0 aromatic heterocycles. The molecule has 1 aliphatic rings. The molecular weight excluding hydrogens is 206 g/mol. The SMILES string of the molecule is CCCNC(C(C)CCC)C1(C)CCCCC1. The van der Waals surface area contributed by atoms with Crippen LogP contribution in [0.25, 0.3) is 0 Å². The Bertz CT molecular complexity index is 194. The summed E-state index contributed by atoms with van der Waals surface area (Å²) < 4.78 is 0. The number of hydrogen-bond donors (Lipinski definition) is 1. The molecule has 1 nitrogen and oxygen atoms in total. The van der Waals surface area contributed by atoms with E-state index in [4.69, 9.17) is 0 Å². The lowest BCUT2D eigenvalue weighted by atomic mass is 9.66. The molecule has 0 aromatic rings. The first-order chi connectivity index (χ1) is 8.14. The van der Waals surface area contributed by atoms with Gasteiger partial charge in [-0.2, -0.15) is 0 Å². The van der Waals surface area contributed by atoms with Gasteiger partial charge in [-0.25, -0.2) is 0 Å². The maximum absolute atomic E-state index is 3.86. The van der Waals surface area contributed by atoms with Gasteiger partial charge in [-0.1, -0.05) is 53.4 Å². The predicted octanol–water partition coefficient (Wildman–Crippen LogP) is 4.76. The zero-order valence-electron chi connectivity index (χ0n) is 12.5. The van der Waals surface area contributed by atoms with Gasteiger partial charge in [0.2, 0.25) is 0 Å². The predicted molar refractivity (Wildman–Crippen MR) is 77.3 cm³/mol. The van der Waals surface area contributed by atoms with Crippen molar-refractivity contribution in [3.05, 3.63) is 0 Å². The van der Waals surface area contributed by atoms with Gasteiger partial charge in [-0.3, -0.25) is 0 Å². The molecule has 102 valence electrons. The van der Waals surface area contributed by atoms with E-state index < -0.39 is 0 Å². The first kappa shape index (κ1) is 15.0. The molecule has 0 amide bonds. The normalized spacial score (nSPS) is 23.3. The zero-order chi connectivity index (χ0) is 12.7. The van der Waals surface area contributed by atoms with E-state index in [1.165, 1.54) is 57.9 Å². The van der Waals surface area contributed by atoms with Gasteiger partial charge in [0.1, 0.15) is 0 Å². The summed E-state index contributed by atoms with van der Waals surface area (Å²) >= 11 is 0. The molecule has 1 N–H and O–H groups in total. The molecule has 1 aliphatic carbocycles. The Labute approximate surface area is 109 Å². The van der Waals surface area contributed by atoms with Gasteiger partial charge in [-0.05, 0) is 43.6 Å². The minimum absolute atomic E-state index is 0.558. The van der Waals surface area contributed by atoms with Gasteiger partial charge >= 0.3 is 0 Å². The molecule has 0 spiro atoms. The minimum atomic E-state index is 0.558. The third-order valence-corrected chi connectivity index (χ3v) is 4.67. The number of hydrogen-bond acceptors (Lipinski definition) is 1. The lowest BCUT2D eigenvalue weighted by molar-refractivity contribution is 0.104. The van der Waals surface area contributed by atoms with E-state index >= 15 is 0 Å². The summed E-state index contributed by atoms with van der Waals surface area (Å²) in [4.78, 5) is 0. The first-order valence-corrected chi connectivity index (χ1v) is 7.87. The quantitative estimate of drug-likeness (QED) is 0.675. The van der Waals surface area contributed by atoms with Crippen LogP contribution in [-0.4, -0.2) is 12.6 Å². The standard InChI is InChI=1S/C16H33N/c1-5-10-14(3)15(17-13-6-2)16(4)11-8-7-9-12-16/h14-15,17H,5-13H2,1-4H3. The molecule has 0 bridgehead atoms. The summed E-state index contributed by atoms with van der Waals surface area (Å²) in [6, 6.07) is 0.739.